The van der Waals surface area contributed by atoms with Crippen LogP contribution < -0.4 is 5.32 Å². The molecule has 2 aromatic rings. The molecule has 1 amide bonds. The predicted octanol–water partition coefficient (Wildman–Crippen LogP) is 4.02. The summed E-state index contributed by atoms with van der Waals surface area (Å²) in [4.78, 5) is 31.2. The molecule has 0 radical (unpaired) electrons. The Hall–Kier alpha value is -3.19. The van der Waals surface area contributed by atoms with Crippen molar-refractivity contribution in [2.75, 3.05) is 26.2 Å². The Balaban J connectivity index is 1.53. The van der Waals surface area contributed by atoms with Gasteiger partial charge in [0.2, 0.25) is 0 Å². The number of para-hydroxylation sites is 1. The maximum Gasteiger partial charge on any atom is 0.407 e. The third-order valence-electron chi connectivity index (χ3n) is 6.68. The number of nitrogens with zero attached hydrogens (tertiary/aromatic N) is 2. The Bertz CT molecular complexity index is 1050. The number of carbonyl (C=O) groups excluding carboxylic acids is 2. The highest BCUT2D eigenvalue weighted by Crippen LogP contribution is 2.43. The van der Waals surface area contributed by atoms with E-state index in [1.54, 1.807) is 13.1 Å². The summed E-state index contributed by atoms with van der Waals surface area (Å²) in [5.74, 6) is 0.539. The standard InChI is InChI=1S/C26H31N3O4/c1-4-18-16-29-13-10-19(18)15-23(29)24(21-9-11-27-22-8-6-5-7-20(21)22)33-26(31)28-12-14-32-25(30)17(2)3/h4-9,11,18-19,23-24H,1-2,10,12-16H2,3H3,(H,28,31)/t18-,19-,23-,24+/m0/s1. The SMILES string of the molecule is C=C[C@H]1CN2CC[C@H]1C[C@H]2[C@H](OC(=O)NCCOC(=O)C(=C)C)c1ccnc2ccccc12. The Kier molecular flexibility index (Phi) is 7.08. The van der Waals surface area contributed by atoms with Crippen molar-refractivity contribution in [3.8, 4) is 0 Å². The van der Waals surface area contributed by atoms with Gasteiger partial charge in [0.05, 0.1) is 18.1 Å². The summed E-state index contributed by atoms with van der Waals surface area (Å²) in [7, 11) is 0. The smallest absolute Gasteiger partial charge is 0.407 e. The summed E-state index contributed by atoms with van der Waals surface area (Å²) >= 11 is 0. The van der Waals surface area contributed by atoms with Crippen molar-refractivity contribution in [3.05, 3.63) is 66.9 Å². The first-order valence-electron chi connectivity index (χ1n) is 11.4. The first-order valence-corrected chi connectivity index (χ1v) is 11.4. The molecule has 5 atom stereocenters. The van der Waals surface area contributed by atoms with Crippen LogP contribution in [0.4, 0.5) is 4.79 Å². The molecule has 0 saturated carbocycles. The van der Waals surface area contributed by atoms with E-state index in [9.17, 15) is 9.59 Å². The summed E-state index contributed by atoms with van der Waals surface area (Å²) in [6.45, 7) is 11.3. The molecule has 1 aromatic heterocycles. The van der Waals surface area contributed by atoms with Gasteiger partial charge >= 0.3 is 12.1 Å². The average molecular weight is 450 g/mol. The van der Waals surface area contributed by atoms with Crippen molar-refractivity contribution >= 4 is 23.0 Å². The van der Waals surface area contributed by atoms with E-state index in [0.717, 1.165) is 42.4 Å². The maximum absolute atomic E-state index is 12.8. The van der Waals surface area contributed by atoms with Crippen molar-refractivity contribution in [1.29, 1.82) is 0 Å². The number of benzene rings is 1. The summed E-state index contributed by atoms with van der Waals surface area (Å²) in [5, 5.41) is 3.69. The molecule has 1 aromatic carbocycles. The van der Waals surface area contributed by atoms with Gasteiger partial charge in [0, 0.05) is 29.3 Å². The monoisotopic (exact) mass is 449 g/mol. The minimum atomic E-state index is -0.532. The normalized spacial score (nSPS) is 24.6. The van der Waals surface area contributed by atoms with Gasteiger partial charge in [-0.15, -0.1) is 6.58 Å². The fourth-order valence-electron chi connectivity index (χ4n) is 4.98. The number of piperidine rings is 3. The van der Waals surface area contributed by atoms with E-state index in [-0.39, 0.29) is 19.2 Å². The minimum absolute atomic E-state index is 0.0578. The van der Waals surface area contributed by atoms with Gasteiger partial charge in [-0.05, 0) is 50.3 Å². The van der Waals surface area contributed by atoms with Crippen LogP contribution in [0.2, 0.25) is 0 Å². The van der Waals surface area contributed by atoms with Gasteiger partial charge in [0.25, 0.3) is 0 Å². The number of hydrogen-bond donors (Lipinski definition) is 1. The fourth-order valence-corrected chi connectivity index (χ4v) is 4.98. The van der Waals surface area contributed by atoms with E-state index in [0.29, 0.717) is 17.4 Å². The van der Waals surface area contributed by atoms with Crippen molar-refractivity contribution in [1.82, 2.24) is 15.2 Å². The molecule has 174 valence electrons. The third kappa shape index (κ3) is 5.09. The van der Waals surface area contributed by atoms with E-state index >= 15 is 0 Å². The number of pyridine rings is 1. The fraction of sp³-hybridized carbons (Fsp3) is 0.423. The largest absolute Gasteiger partial charge is 0.460 e. The van der Waals surface area contributed by atoms with Crippen LogP contribution in [0.1, 0.15) is 31.4 Å². The maximum atomic E-state index is 12.8. The molecule has 0 aliphatic carbocycles. The number of ether oxygens (including phenoxy) is 2. The molecule has 3 saturated heterocycles. The predicted molar refractivity (Wildman–Crippen MR) is 127 cm³/mol. The second-order valence-corrected chi connectivity index (χ2v) is 8.83. The van der Waals surface area contributed by atoms with E-state index in [2.05, 4.69) is 34.4 Å². The lowest BCUT2D eigenvalue weighted by Crippen LogP contribution is -2.55. The number of hydrogen-bond acceptors (Lipinski definition) is 6. The molecule has 3 aliphatic rings. The van der Waals surface area contributed by atoms with E-state index in [1.807, 2.05) is 30.3 Å². The molecule has 3 fully saturated rings. The zero-order chi connectivity index (χ0) is 23.4. The van der Waals surface area contributed by atoms with E-state index in [1.165, 1.54) is 0 Å². The van der Waals surface area contributed by atoms with Crippen molar-refractivity contribution in [2.45, 2.75) is 31.9 Å². The van der Waals surface area contributed by atoms with Crippen molar-refractivity contribution in [2.24, 2.45) is 11.8 Å². The average Bonchev–Trinajstić information content (AvgIpc) is 2.84. The molecule has 2 bridgehead atoms. The van der Waals surface area contributed by atoms with Crippen LogP contribution in [-0.2, 0) is 14.3 Å². The Morgan fingerprint density at radius 3 is 2.88 bits per heavy atom. The van der Waals surface area contributed by atoms with Gasteiger partial charge in [-0.25, -0.2) is 9.59 Å². The Labute approximate surface area is 194 Å². The number of esters is 1. The van der Waals surface area contributed by atoms with E-state index in [4.69, 9.17) is 9.47 Å². The van der Waals surface area contributed by atoms with Gasteiger partial charge in [-0.3, -0.25) is 9.88 Å². The van der Waals surface area contributed by atoms with Crippen LogP contribution in [0.25, 0.3) is 10.9 Å². The van der Waals surface area contributed by atoms with Gasteiger partial charge in [0.15, 0.2) is 0 Å². The molecule has 3 aliphatic heterocycles. The second-order valence-electron chi connectivity index (χ2n) is 8.83. The van der Waals surface area contributed by atoms with Gasteiger partial charge in [-0.2, -0.15) is 0 Å². The van der Waals surface area contributed by atoms with Crippen LogP contribution in [0.5, 0.6) is 0 Å². The summed E-state index contributed by atoms with van der Waals surface area (Å²) in [6, 6.07) is 9.94. The lowest BCUT2D eigenvalue weighted by Gasteiger charge is -2.51. The van der Waals surface area contributed by atoms with Gasteiger partial charge in [0.1, 0.15) is 12.7 Å². The zero-order valence-electron chi connectivity index (χ0n) is 19.0. The number of carbonyl (C=O) groups is 2. The van der Waals surface area contributed by atoms with Gasteiger partial charge < -0.3 is 14.8 Å². The molecule has 33 heavy (non-hydrogen) atoms. The minimum Gasteiger partial charge on any atom is -0.460 e. The molecular formula is C26H31N3O4. The molecule has 0 spiro atoms. The first-order chi connectivity index (χ1) is 16.0. The highest BCUT2D eigenvalue weighted by Gasteiger charge is 2.44. The molecular weight excluding hydrogens is 418 g/mol. The lowest BCUT2D eigenvalue weighted by molar-refractivity contribution is -0.138. The number of amides is 1. The molecule has 1 unspecified atom stereocenters. The van der Waals surface area contributed by atoms with E-state index < -0.39 is 18.2 Å². The molecule has 1 N–H and O–H groups in total. The number of aromatic nitrogens is 1. The Morgan fingerprint density at radius 1 is 1.33 bits per heavy atom. The topological polar surface area (TPSA) is 80.8 Å². The summed E-state index contributed by atoms with van der Waals surface area (Å²) in [6.07, 6.45) is 4.94. The number of fused-ring (bicyclic) bond motifs is 4. The Morgan fingerprint density at radius 2 is 2.15 bits per heavy atom. The number of rotatable bonds is 8. The molecule has 5 rings (SSSR count). The number of alkyl carbamates (subject to hydrolysis) is 1. The molecule has 7 nitrogen and oxygen atoms in total. The zero-order valence-corrected chi connectivity index (χ0v) is 19.0. The number of nitrogens with one attached hydrogen (secondary N) is 1. The second kappa shape index (κ2) is 10.2. The quantitative estimate of drug-likeness (QED) is 0.284. The first kappa shape index (κ1) is 23.0. The molecule has 7 heteroatoms. The van der Waals surface area contributed by atoms with Crippen LogP contribution in [0, 0.1) is 11.8 Å². The van der Waals surface area contributed by atoms with Crippen molar-refractivity contribution < 1.29 is 19.1 Å². The highest BCUT2D eigenvalue weighted by molar-refractivity contribution is 5.87. The summed E-state index contributed by atoms with van der Waals surface area (Å²) in [5.41, 5.74) is 2.15. The van der Waals surface area contributed by atoms with Crippen LogP contribution in [0.15, 0.2) is 61.3 Å². The van der Waals surface area contributed by atoms with Crippen LogP contribution in [-0.4, -0.2) is 54.2 Å². The van der Waals surface area contributed by atoms with Crippen molar-refractivity contribution in [3.63, 3.8) is 0 Å². The third-order valence-corrected chi connectivity index (χ3v) is 6.68. The summed E-state index contributed by atoms with van der Waals surface area (Å²) < 4.78 is 11.1. The van der Waals surface area contributed by atoms with Crippen LogP contribution in [0.3, 0.4) is 0 Å². The highest BCUT2D eigenvalue weighted by atomic mass is 16.6. The molecule has 4 heterocycles. The lowest BCUT2D eigenvalue weighted by atomic mass is 9.73. The van der Waals surface area contributed by atoms with Crippen LogP contribution >= 0.6 is 0 Å². The van der Waals surface area contributed by atoms with Gasteiger partial charge in [-0.1, -0.05) is 30.9 Å².